The highest BCUT2D eigenvalue weighted by Crippen LogP contribution is 2.42. The lowest BCUT2D eigenvalue weighted by atomic mass is 10.1. The quantitative estimate of drug-likeness (QED) is 0.864. The molecule has 2 aliphatic rings. The molecular formula is C14H18N2O2. The number of hydrogen-bond acceptors (Lipinski definition) is 3. The van der Waals surface area contributed by atoms with E-state index in [0.29, 0.717) is 18.6 Å². The molecule has 1 saturated heterocycles. The van der Waals surface area contributed by atoms with Gasteiger partial charge >= 0.3 is 6.09 Å². The van der Waals surface area contributed by atoms with Crippen molar-refractivity contribution >= 4 is 6.09 Å². The molecule has 1 aromatic carbocycles. The number of likely N-dealkylation sites (tertiary alicyclic amines) is 1. The summed E-state index contributed by atoms with van der Waals surface area (Å²) in [5, 5.41) is 0. The van der Waals surface area contributed by atoms with Crippen LogP contribution in [0.3, 0.4) is 0 Å². The van der Waals surface area contributed by atoms with E-state index in [2.05, 4.69) is 0 Å². The van der Waals surface area contributed by atoms with Gasteiger partial charge in [0.2, 0.25) is 0 Å². The molecule has 0 spiro atoms. The van der Waals surface area contributed by atoms with Crippen molar-refractivity contribution in [3.05, 3.63) is 35.9 Å². The molecule has 1 aromatic rings. The molecule has 2 fully saturated rings. The first kappa shape index (κ1) is 11.5. The van der Waals surface area contributed by atoms with Crippen molar-refractivity contribution in [2.75, 3.05) is 6.54 Å². The molecule has 0 bridgehead atoms. The second-order valence-electron chi connectivity index (χ2n) is 5.15. The summed E-state index contributed by atoms with van der Waals surface area (Å²) in [6, 6.07) is 10.4. The molecule has 1 aliphatic heterocycles. The van der Waals surface area contributed by atoms with Gasteiger partial charge in [0.05, 0.1) is 0 Å². The number of rotatable bonds is 2. The minimum absolute atomic E-state index is 0.196. The molecule has 2 N–H and O–H groups in total. The van der Waals surface area contributed by atoms with Crippen LogP contribution in [0.4, 0.5) is 4.79 Å². The van der Waals surface area contributed by atoms with Crippen LogP contribution in [0.1, 0.15) is 18.4 Å². The fraction of sp³-hybridized carbons (Fsp3) is 0.500. The first-order chi connectivity index (χ1) is 8.75. The van der Waals surface area contributed by atoms with Crippen molar-refractivity contribution in [2.45, 2.75) is 31.5 Å². The predicted octanol–water partition coefficient (Wildman–Crippen LogP) is 1.74. The molecule has 4 nitrogen and oxygen atoms in total. The topological polar surface area (TPSA) is 55.6 Å². The summed E-state index contributed by atoms with van der Waals surface area (Å²) >= 11 is 0. The number of nitrogens with zero attached hydrogens (tertiary/aromatic N) is 1. The lowest BCUT2D eigenvalue weighted by molar-refractivity contribution is 0.0838. The zero-order valence-electron chi connectivity index (χ0n) is 10.3. The summed E-state index contributed by atoms with van der Waals surface area (Å²) in [6.45, 7) is 1.08. The van der Waals surface area contributed by atoms with Crippen molar-refractivity contribution in [2.24, 2.45) is 11.7 Å². The van der Waals surface area contributed by atoms with Crippen molar-refractivity contribution < 1.29 is 9.53 Å². The first-order valence-electron chi connectivity index (χ1n) is 6.48. The van der Waals surface area contributed by atoms with Crippen LogP contribution in [0, 0.1) is 5.92 Å². The molecule has 1 amide bonds. The maximum Gasteiger partial charge on any atom is 0.410 e. The molecule has 18 heavy (non-hydrogen) atoms. The number of carbonyl (C=O) groups is 1. The zero-order chi connectivity index (χ0) is 12.5. The first-order valence-corrected chi connectivity index (χ1v) is 6.48. The van der Waals surface area contributed by atoms with Crippen LogP contribution in [-0.4, -0.2) is 29.6 Å². The third kappa shape index (κ3) is 2.20. The molecule has 4 heteroatoms. The van der Waals surface area contributed by atoms with Crippen LogP contribution in [0.25, 0.3) is 0 Å². The highest BCUT2D eigenvalue weighted by Gasteiger charge is 2.50. The third-order valence-corrected chi connectivity index (χ3v) is 3.90. The molecule has 0 aromatic heterocycles. The van der Waals surface area contributed by atoms with Crippen LogP contribution < -0.4 is 5.73 Å². The van der Waals surface area contributed by atoms with Gasteiger partial charge in [-0.3, -0.25) is 0 Å². The van der Waals surface area contributed by atoms with E-state index in [9.17, 15) is 4.79 Å². The molecule has 96 valence electrons. The number of ether oxygens (including phenoxy) is 1. The van der Waals surface area contributed by atoms with Gasteiger partial charge in [-0.05, 0) is 24.3 Å². The number of fused-ring (bicyclic) bond motifs is 1. The van der Waals surface area contributed by atoms with Crippen LogP contribution in [0.2, 0.25) is 0 Å². The van der Waals surface area contributed by atoms with Gasteiger partial charge < -0.3 is 15.4 Å². The summed E-state index contributed by atoms with van der Waals surface area (Å²) in [5.74, 6) is 0.503. The van der Waals surface area contributed by atoms with Crippen LogP contribution in [0.15, 0.2) is 30.3 Å². The van der Waals surface area contributed by atoms with Gasteiger partial charge in [-0.1, -0.05) is 30.3 Å². The minimum atomic E-state index is -0.196. The maximum atomic E-state index is 12.0. The Bertz CT molecular complexity index is 435. The minimum Gasteiger partial charge on any atom is -0.445 e. The van der Waals surface area contributed by atoms with E-state index < -0.39 is 0 Å². The van der Waals surface area contributed by atoms with E-state index in [-0.39, 0.29) is 12.1 Å². The lowest BCUT2D eigenvalue weighted by Crippen LogP contribution is -2.44. The normalized spacial score (nSPS) is 29.6. The number of carbonyl (C=O) groups excluding carboxylic acids is 1. The Hall–Kier alpha value is -1.55. The highest BCUT2D eigenvalue weighted by atomic mass is 16.6. The largest absolute Gasteiger partial charge is 0.445 e. The van der Waals surface area contributed by atoms with Crippen molar-refractivity contribution in [1.82, 2.24) is 4.90 Å². The molecule has 1 heterocycles. The van der Waals surface area contributed by atoms with E-state index in [0.717, 1.165) is 24.9 Å². The average Bonchev–Trinajstić information content (AvgIpc) is 3.19. The standard InChI is InChI=1S/C14H18N2O2/c15-12-6-7-16(13-8-11(12)13)14(17)18-9-10-4-2-1-3-5-10/h1-5,11-13H,6-9,15H2/t11-,12+,13-/m1/s1. The van der Waals surface area contributed by atoms with Gasteiger partial charge in [0, 0.05) is 18.6 Å². The molecule has 3 atom stereocenters. The Balaban J connectivity index is 1.53. The van der Waals surface area contributed by atoms with E-state index >= 15 is 0 Å². The number of amides is 1. The fourth-order valence-corrected chi connectivity index (χ4v) is 2.72. The van der Waals surface area contributed by atoms with E-state index in [4.69, 9.17) is 10.5 Å². The monoisotopic (exact) mass is 246 g/mol. The van der Waals surface area contributed by atoms with Crippen molar-refractivity contribution in [3.63, 3.8) is 0 Å². The average molecular weight is 246 g/mol. The summed E-state index contributed by atoms with van der Waals surface area (Å²) < 4.78 is 5.35. The van der Waals surface area contributed by atoms with E-state index in [1.807, 2.05) is 35.2 Å². The molecular weight excluding hydrogens is 228 g/mol. The van der Waals surface area contributed by atoms with E-state index in [1.54, 1.807) is 0 Å². The number of piperidine rings is 1. The molecule has 1 saturated carbocycles. The Morgan fingerprint density at radius 3 is 2.94 bits per heavy atom. The summed E-state index contributed by atoms with van der Waals surface area (Å²) in [4.78, 5) is 13.8. The Morgan fingerprint density at radius 2 is 2.17 bits per heavy atom. The Labute approximate surface area is 107 Å². The molecule has 0 radical (unpaired) electrons. The molecule has 0 unspecified atom stereocenters. The number of benzene rings is 1. The highest BCUT2D eigenvalue weighted by molar-refractivity contribution is 5.69. The van der Waals surface area contributed by atoms with Gasteiger partial charge in [0.1, 0.15) is 6.61 Å². The summed E-state index contributed by atoms with van der Waals surface area (Å²) in [7, 11) is 0. The predicted molar refractivity (Wildman–Crippen MR) is 67.8 cm³/mol. The van der Waals surface area contributed by atoms with Crippen molar-refractivity contribution in [1.29, 1.82) is 0 Å². The Kier molecular flexibility index (Phi) is 2.96. The Morgan fingerprint density at radius 1 is 1.39 bits per heavy atom. The van der Waals surface area contributed by atoms with Crippen LogP contribution in [0.5, 0.6) is 0 Å². The van der Waals surface area contributed by atoms with Crippen LogP contribution >= 0.6 is 0 Å². The third-order valence-electron chi connectivity index (χ3n) is 3.90. The van der Waals surface area contributed by atoms with Crippen LogP contribution in [-0.2, 0) is 11.3 Å². The SMILES string of the molecule is N[C@H]1CCN(C(=O)OCc2ccccc2)[C@@H]2C[C@@H]21. The number of nitrogens with two attached hydrogens (primary N) is 1. The summed E-state index contributed by atoms with van der Waals surface area (Å²) in [5.41, 5.74) is 6.99. The summed E-state index contributed by atoms with van der Waals surface area (Å²) in [6.07, 6.45) is 1.74. The second-order valence-corrected chi connectivity index (χ2v) is 5.15. The molecule has 1 aliphatic carbocycles. The fourth-order valence-electron chi connectivity index (χ4n) is 2.72. The number of hydrogen-bond donors (Lipinski definition) is 1. The van der Waals surface area contributed by atoms with Gasteiger partial charge in [-0.15, -0.1) is 0 Å². The smallest absolute Gasteiger partial charge is 0.410 e. The lowest BCUT2D eigenvalue weighted by Gasteiger charge is -2.29. The zero-order valence-corrected chi connectivity index (χ0v) is 10.3. The van der Waals surface area contributed by atoms with Crippen molar-refractivity contribution in [3.8, 4) is 0 Å². The van der Waals surface area contributed by atoms with E-state index in [1.165, 1.54) is 0 Å². The van der Waals surface area contributed by atoms with Gasteiger partial charge in [0.15, 0.2) is 0 Å². The van der Waals surface area contributed by atoms with Gasteiger partial charge in [0.25, 0.3) is 0 Å². The van der Waals surface area contributed by atoms with Gasteiger partial charge in [-0.2, -0.15) is 0 Å². The molecule has 3 rings (SSSR count). The second kappa shape index (κ2) is 4.61. The maximum absolute atomic E-state index is 12.0. The van der Waals surface area contributed by atoms with Gasteiger partial charge in [-0.25, -0.2) is 4.79 Å².